The zero-order valence-corrected chi connectivity index (χ0v) is 22.3. The highest BCUT2D eigenvalue weighted by Crippen LogP contribution is 2.28. The molecule has 1 atom stereocenters. The fourth-order valence-electron chi connectivity index (χ4n) is 4.52. The van der Waals surface area contributed by atoms with E-state index in [0.29, 0.717) is 12.5 Å². The first kappa shape index (κ1) is 26.2. The topological polar surface area (TPSA) is 56.1 Å². The lowest BCUT2D eigenvalue weighted by molar-refractivity contribution is -0.117. The summed E-state index contributed by atoms with van der Waals surface area (Å²) in [6.45, 7) is 9.95. The number of carbonyl (C=O) groups excluding carboxylic acids is 1. The van der Waals surface area contributed by atoms with Crippen LogP contribution in [-0.4, -0.2) is 22.1 Å². The van der Waals surface area contributed by atoms with Crippen molar-refractivity contribution in [1.82, 2.24) is 14.9 Å². The van der Waals surface area contributed by atoms with Crippen LogP contribution in [0.25, 0.3) is 17.1 Å². The lowest BCUT2D eigenvalue weighted by Gasteiger charge is -2.17. The standard InChI is InChI=1S/C32H37N3O2/c1-23(2)27-18-16-24(3)22-30(27)37-21-11-10-20-35-29-15-9-8-14-28(29)34-32(35)25(4)33-31(36)19-17-26-12-6-5-7-13-26/h5-9,12-19,22-23,25H,10-11,20-21H2,1-4H3,(H,33,36)/b19-17-. The van der Waals surface area contributed by atoms with Gasteiger partial charge in [0.1, 0.15) is 11.6 Å². The summed E-state index contributed by atoms with van der Waals surface area (Å²) in [5.41, 5.74) is 5.48. The fraction of sp³-hybridized carbons (Fsp3) is 0.312. The molecule has 5 heteroatoms. The van der Waals surface area contributed by atoms with Crippen molar-refractivity contribution in [1.29, 1.82) is 0 Å². The predicted molar refractivity (Wildman–Crippen MR) is 152 cm³/mol. The molecule has 0 fully saturated rings. The first-order valence-electron chi connectivity index (χ1n) is 13.1. The zero-order valence-electron chi connectivity index (χ0n) is 22.3. The van der Waals surface area contributed by atoms with E-state index in [-0.39, 0.29) is 11.9 Å². The Morgan fingerprint density at radius 3 is 2.54 bits per heavy atom. The van der Waals surface area contributed by atoms with Crippen molar-refractivity contribution in [3.8, 4) is 5.75 Å². The van der Waals surface area contributed by atoms with Gasteiger partial charge in [0.05, 0.1) is 23.7 Å². The largest absolute Gasteiger partial charge is 0.493 e. The van der Waals surface area contributed by atoms with Gasteiger partial charge in [0.15, 0.2) is 0 Å². The van der Waals surface area contributed by atoms with Crippen LogP contribution in [0.2, 0.25) is 0 Å². The molecule has 0 aliphatic heterocycles. The predicted octanol–water partition coefficient (Wildman–Crippen LogP) is 7.22. The van der Waals surface area contributed by atoms with Gasteiger partial charge in [-0.1, -0.05) is 68.4 Å². The second-order valence-electron chi connectivity index (χ2n) is 9.84. The molecule has 0 saturated heterocycles. The average Bonchev–Trinajstić information content (AvgIpc) is 3.26. The summed E-state index contributed by atoms with van der Waals surface area (Å²) in [5, 5.41) is 3.08. The molecule has 1 N–H and O–H groups in total. The lowest BCUT2D eigenvalue weighted by atomic mass is 10.0. The molecular weight excluding hydrogens is 458 g/mol. The monoisotopic (exact) mass is 495 g/mol. The van der Waals surface area contributed by atoms with E-state index >= 15 is 0 Å². The minimum absolute atomic E-state index is 0.137. The third kappa shape index (κ3) is 6.88. The van der Waals surface area contributed by atoms with E-state index in [1.807, 2.05) is 61.5 Å². The highest BCUT2D eigenvalue weighted by atomic mass is 16.5. The van der Waals surface area contributed by atoms with Gasteiger partial charge in [-0.15, -0.1) is 0 Å². The van der Waals surface area contributed by atoms with Gasteiger partial charge in [-0.25, -0.2) is 4.98 Å². The smallest absolute Gasteiger partial charge is 0.244 e. The van der Waals surface area contributed by atoms with Crippen molar-refractivity contribution in [2.24, 2.45) is 0 Å². The van der Waals surface area contributed by atoms with Gasteiger partial charge in [-0.3, -0.25) is 4.79 Å². The molecule has 4 aromatic rings. The van der Waals surface area contributed by atoms with Gasteiger partial charge < -0.3 is 14.6 Å². The number of ether oxygens (including phenoxy) is 1. The Bertz CT molecular complexity index is 1360. The second kappa shape index (κ2) is 12.4. The first-order chi connectivity index (χ1) is 17.9. The van der Waals surface area contributed by atoms with Crippen LogP contribution >= 0.6 is 0 Å². The summed E-state index contributed by atoms with van der Waals surface area (Å²) in [6.07, 6.45) is 5.28. The van der Waals surface area contributed by atoms with Gasteiger partial charge in [0.25, 0.3) is 0 Å². The third-order valence-electron chi connectivity index (χ3n) is 6.48. The number of carbonyl (C=O) groups is 1. The molecule has 0 radical (unpaired) electrons. The molecule has 1 amide bonds. The molecule has 4 rings (SSSR count). The van der Waals surface area contributed by atoms with Gasteiger partial charge in [-0.2, -0.15) is 0 Å². The van der Waals surface area contributed by atoms with Crippen LogP contribution in [0.5, 0.6) is 5.75 Å². The number of unbranched alkanes of at least 4 members (excludes halogenated alkanes) is 1. The molecule has 1 aromatic heterocycles. The Kier molecular flexibility index (Phi) is 8.78. The van der Waals surface area contributed by atoms with Gasteiger partial charge in [0, 0.05) is 12.6 Å². The van der Waals surface area contributed by atoms with E-state index in [1.54, 1.807) is 6.08 Å². The van der Waals surface area contributed by atoms with Crippen molar-refractivity contribution in [2.75, 3.05) is 6.61 Å². The maximum Gasteiger partial charge on any atom is 0.244 e. The van der Waals surface area contributed by atoms with Crippen LogP contribution in [0.3, 0.4) is 0 Å². The minimum atomic E-state index is -0.225. The summed E-state index contributed by atoms with van der Waals surface area (Å²) in [7, 11) is 0. The molecule has 0 saturated carbocycles. The number of amides is 1. The van der Waals surface area contributed by atoms with E-state index in [1.165, 1.54) is 11.1 Å². The molecule has 37 heavy (non-hydrogen) atoms. The van der Waals surface area contributed by atoms with Crippen LogP contribution < -0.4 is 10.1 Å². The summed E-state index contributed by atoms with van der Waals surface area (Å²) >= 11 is 0. The number of nitrogens with zero attached hydrogens (tertiary/aromatic N) is 2. The van der Waals surface area contributed by atoms with E-state index in [4.69, 9.17) is 9.72 Å². The maximum atomic E-state index is 12.6. The Labute approximate surface area is 220 Å². The van der Waals surface area contributed by atoms with Gasteiger partial charge in [0.2, 0.25) is 5.91 Å². The number of rotatable bonds is 11. The van der Waals surface area contributed by atoms with Crippen LogP contribution in [0.15, 0.2) is 78.9 Å². The molecule has 0 bridgehead atoms. The van der Waals surface area contributed by atoms with Crippen molar-refractivity contribution < 1.29 is 9.53 Å². The van der Waals surface area contributed by atoms with Crippen LogP contribution in [-0.2, 0) is 11.3 Å². The number of imidazole rings is 1. The SMILES string of the molecule is Cc1ccc(C(C)C)c(OCCCCn2c(C(C)NC(=O)/C=C\c3ccccc3)nc3ccccc32)c1. The number of hydrogen-bond acceptors (Lipinski definition) is 3. The van der Waals surface area contributed by atoms with Crippen molar-refractivity contribution in [3.05, 3.63) is 101 Å². The summed E-state index contributed by atoms with van der Waals surface area (Å²) in [5.74, 6) is 2.14. The molecule has 1 heterocycles. The van der Waals surface area contributed by atoms with Crippen molar-refractivity contribution >= 4 is 23.0 Å². The second-order valence-corrected chi connectivity index (χ2v) is 9.84. The lowest BCUT2D eigenvalue weighted by Crippen LogP contribution is -2.27. The van der Waals surface area contributed by atoms with Gasteiger partial charge in [-0.05, 0) is 73.6 Å². The molecule has 0 aliphatic carbocycles. The molecule has 5 nitrogen and oxygen atoms in total. The van der Waals surface area contributed by atoms with E-state index in [9.17, 15) is 4.79 Å². The zero-order chi connectivity index (χ0) is 26.2. The Hall–Kier alpha value is -3.86. The Morgan fingerprint density at radius 1 is 1.00 bits per heavy atom. The van der Waals surface area contributed by atoms with Crippen LogP contribution in [0.1, 0.15) is 68.1 Å². The number of para-hydroxylation sites is 2. The Morgan fingerprint density at radius 2 is 1.76 bits per heavy atom. The van der Waals surface area contributed by atoms with Crippen molar-refractivity contribution in [3.63, 3.8) is 0 Å². The number of hydrogen-bond donors (Lipinski definition) is 1. The average molecular weight is 496 g/mol. The summed E-state index contributed by atoms with van der Waals surface area (Å²) in [4.78, 5) is 17.5. The molecule has 192 valence electrons. The highest BCUT2D eigenvalue weighted by molar-refractivity contribution is 5.92. The fourth-order valence-corrected chi connectivity index (χ4v) is 4.52. The third-order valence-corrected chi connectivity index (χ3v) is 6.48. The van der Waals surface area contributed by atoms with E-state index < -0.39 is 0 Å². The summed E-state index contributed by atoms with van der Waals surface area (Å²) in [6, 6.07) is 24.2. The van der Waals surface area contributed by atoms with E-state index in [2.05, 4.69) is 54.9 Å². The Balaban J connectivity index is 1.39. The van der Waals surface area contributed by atoms with E-state index in [0.717, 1.165) is 47.6 Å². The normalized spacial score (nSPS) is 12.4. The molecule has 1 unspecified atom stereocenters. The van der Waals surface area contributed by atoms with Gasteiger partial charge >= 0.3 is 0 Å². The molecule has 0 aliphatic rings. The van der Waals surface area contributed by atoms with Crippen molar-refractivity contribution in [2.45, 2.75) is 59.0 Å². The number of aromatic nitrogens is 2. The molecular formula is C32H37N3O2. The number of benzene rings is 3. The molecule has 0 spiro atoms. The quantitative estimate of drug-likeness (QED) is 0.177. The molecule has 3 aromatic carbocycles. The highest BCUT2D eigenvalue weighted by Gasteiger charge is 2.17. The first-order valence-corrected chi connectivity index (χ1v) is 13.1. The van der Waals surface area contributed by atoms with Crippen LogP contribution in [0.4, 0.5) is 0 Å². The number of nitrogens with one attached hydrogen (secondary N) is 1. The summed E-state index contributed by atoms with van der Waals surface area (Å²) < 4.78 is 8.42. The maximum absolute atomic E-state index is 12.6. The number of aryl methyl sites for hydroxylation is 2. The minimum Gasteiger partial charge on any atom is -0.493 e. The van der Waals surface area contributed by atoms with Crippen LogP contribution in [0, 0.1) is 6.92 Å². The number of fused-ring (bicyclic) bond motifs is 1.